The van der Waals surface area contributed by atoms with Crippen molar-refractivity contribution < 1.29 is 19.1 Å². The molecular formula is C22H28N2O4. The van der Waals surface area contributed by atoms with Crippen LogP contribution in [0.4, 0.5) is 0 Å². The van der Waals surface area contributed by atoms with E-state index in [1.54, 1.807) is 25.2 Å². The van der Waals surface area contributed by atoms with Gasteiger partial charge in [-0.05, 0) is 35.7 Å². The number of carbonyl (C=O) groups excluding carboxylic acids is 2. The number of ether oxygens (including phenoxy) is 2. The van der Waals surface area contributed by atoms with Crippen molar-refractivity contribution in [3.05, 3.63) is 59.2 Å². The van der Waals surface area contributed by atoms with E-state index in [9.17, 15) is 9.59 Å². The highest BCUT2D eigenvalue weighted by molar-refractivity contribution is 5.78. The molecule has 28 heavy (non-hydrogen) atoms. The third-order valence-electron chi connectivity index (χ3n) is 4.61. The van der Waals surface area contributed by atoms with Crippen LogP contribution in [0.25, 0.3) is 0 Å². The molecule has 2 rings (SSSR count). The largest absolute Gasteiger partial charge is 0.493 e. The maximum Gasteiger partial charge on any atom is 0.222 e. The minimum atomic E-state index is -0.106. The highest BCUT2D eigenvalue weighted by Crippen LogP contribution is 2.27. The number of carbonyl (C=O) groups is 2. The SMILES string of the molecule is COc1ccc(CNC(=O)CCN(Cc2ccccc2C)C(C)=O)cc1OC. The molecule has 2 amide bonds. The zero-order valence-corrected chi connectivity index (χ0v) is 17.0. The number of amides is 2. The molecule has 0 radical (unpaired) electrons. The van der Waals surface area contributed by atoms with Crippen molar-refractivity contribution >= 4 is 11.8 Å². The Labute approximate surface area is 166 Å². The van der Waals surface area contributed by atoms with E-state index in [2.05, 4.69) is 5.32 Å². The summed E-state index contributed by atoms with van der Waals surface area (Å²) in [7, 11) is 3.15. The van der Waals surface area contributed by atoms with Crippen molar-refractivity contribution in [2.45, 2.75) is 33.4 Å². The Balaban J connectivity index is 1.88. The van der Waals surface area contributed by atoms with Gasteiger partial charge in [-0.3, -0.25) is 9.59 Å². The first kappa shape index (κ1) is 21.3. The predicted molar refractivity (Wildman–Crippen MR) is 108 cm³/mol. The number of hydrogen-bond acceptors (Lipinski definition) is 4. The summed E-state index contributed by atoms with van der Waals surface area (Å²) in [5, 5.41) is 2.88. The van der Waals surface area contributed by atoms with Crippen LogP contribution in [0.1, 0.15) is 30.0 Å². The van der Waals surface area contributed by atoms with Gasteiger partial charge in [0, 0.05) is 33.0 Å². The Morgan fingerprint density at radius 1 is 1.04 bits per heavy atom. The fraction of sp³-hybridized carbons (Fsp3) is 0.364. The molecular weight excluding hydrogens is 356 g/mol. The average Bonchev–Trinajstić information content (AvgIpc) is 2.70. The molecule has 0 aliphatic heterocycles. The topological polar surface area (TPSA) is 67.9 Å². The maximum absolute atomic E-state index is 12.2. The number of benzene rings is 2. The van der Waals surface area contributed by atoms with Crippen molar-refractivity contribution in [1.29, 1.82) is 0 Å². The standard InChI is InChI=1S/C22H28N2O4/c1-16-7-5-6-8-19(16)15-24(17(2)25)12-11-22(26)23-14-18-9-10-20(27-3)21(13-18)28-4/h5-10,13H,11-12,14-15H2,1-4H3,(H,23,26). The summed E-state index contributed by atoms with van der Waals surface area (Å²) < 4.78 is 10.5. The van der Waals surface area contributed by atoms with E-state index in [0.29, 0.717) is 31.1 Å². The summed E-state index contributed by atoms with van der Waals surface area (Å²) in [5.41, 5.74) is 3.13. The van der Waals surface area contributed by atoms with E-state index in [4.69, 9.17) is 9.47 Å². The minimum absolute atomic E-state index is 0.0454. The first-order valence-electron chi connectivity index (χ1n) is 9.22. The van der Waals surface area contributed by atoms with Crippen LogP contribution < -0.4 is 14.8 Å². The molecule has 0 spiro atoms. The van der Waals surface area contributed by atoms with Crippen LogP contribution in [-0.4, -0.2) is 37.5 Å². The minimum Gasteiger partial charge on any atom is -0.493 e. The number of rotatable bonds is 9. The van der Waals surface area contributed by atoms with Gasteiger partial charge in [0.15, 0.2) is 11.5 Å². The molecule has 1 N–H and O–H groups in total. The molecule has 2 aromatic rings. The van der Waals surface area contributed by atoms with E-state index in [0.717, 1.165) is 16.7 Å². The second-order valence-electron chi connectivity index (χ2n) is 6.58. The molecule has 150 valence electrons. The van der Waals surface area contributed by atoms with Crippen LogP contribution in [0.3, 0.4) is 0 Å². The predicted octanol–water partition coefficient (Wildman–Crippen LogP) is 3.07. The Hall–Kier alpha value is -3.02. The first-order chi connectivity index (χ1) is 13.4. The van der Waals surface area contributed by atoms with E-state index in [-0.39, 0.29) is 18.2 Å². The van der Waals surface area contributed by atoms with Gasteiger partial charge < -0.3 is 19.7 Å². The van der Waals surface area contributed by atoms with Crippen LogP contribution in [-0.2, 0) is 22.7 Å². The molecule has 0 fully saturated rings. The summed E-state index contributed by atoms with van der Waals surface area (Å²) in [6.07, 6.45) is 0.249. The maximum atomic E-state index is 12.2. The van der Waals surface area contributed by atoms with Gasteiger partial charge in [-0.1, -0.05) is 30.3 Å². The molecule has 0 aliphatic rings. The molecule has 0 heterocycles. The highest BCUT2D eigenvalue weighted by Gasteiger charge is 2.13. The zero-order valence-electron chi connectivity index (χ0n) is 17.0. The average molecular weight is 384 g/mol. The first-order valence-corrected chi connectivity index (χ1v) is 9.22. The van der Waals surface area contributed by atoms with Crippen LogP contribution in [0.2, 0.25) is 0 Å². The molecule has 6 heteroatoms. The number of nitrogens with one attached hydrogen (secondary N) is 1. The molecule has 0 atom stereocenters. The van der Waals surface area contributed by atoms with Gasteiger partial charge in [0.25, 0.3) is 0 Å². The molecule has 0 saturated carbocycles. The van der Waals surface area contributed by atoms with E-state index >= 15 is 0 Å². The molecule has 0 aromatic heterocycles. The van der Waals surface area contributed by atoms with Crippen LogP contribution in [0.15, 0.2) is 42.5 Å². The van der Waals surface area contributed by atoms with Gasteiger partial charge in [0.1, 0.15) is 0 Å². The molecule has 6 nitrogen and oxygen atoms in total. The van der Waals surface area contributed by atoms with Crippen molar-refractivity contribution in [1.82, 2.24) is 10.2 Å². The lowest BCUT2D eigenvalue weighted by molar-refractivity contribution is -0.130. The van der Waals surface area contributed by atoms with Gasteiger partial charge in [0.05, 0.1) is 14.2 Å². The number of nitrogens with zero attached hydrogens (tertiary/aromatic N) is 1. The van der Waals surface area contributed by atoms with Crippen LogP contribution in [0.5, 0.6) is 11.5 Å². The third kappa shape index (κ3) is 6.01. The zero-order chi connectivity index (χ0) is 20.5. The van der Waals surface area contributed by atoms with Crippen molar-refractivity contribution in [3.8, 4) is 11.5 Å². The molecule has 0 aliphatic carbocycles. The van der Waals surface area contributed by atoms with Crippen molar-refractivity contribution in [3.63, 3.8) is 0 Å². The monoisotopic (exact) mass is 384 g/mol. The lowest BCUT2D eigenvalue weighted by Crippen LogP contribution is -2.33. The third-order valence-corrected chi connectivity index (χ3v) is 4.61. The molecule has 0 unspecified atom stereocenters. The van der Waals surface area contributed by atoms with E-state index in [1.807, 2.05) is 43.3 Å². The van der Waals surface area contributed by atoms with Crippen LogP contribution in [0, 0.1) is 6.92 Å². The Kier molecular flexibility index (Phi) is 7.87. The van der Waals surface area contributed by atoms with Gasteiger partial charge >= 0.3 is 0 Å². The van der Waals surface area contributed by atoms with E-state index < -0.39 is 0 Å². The Bertz CT molecular complexity index is 820. The molecule has 2 aromatic carbocycles. The molecule has 0 bridgehead atoms. The quantitative estimate of drug-likeness (QED) is 0.721. The number of methoxy groups -OCH3 is 2. The fourth-order valence-electron chi connectivity index (χ4n) is 2.86. The Morgan fingerprint density at radius 3 is 2.39 bits per heavy atom. The van der Waals surface area contributed by atoms with Gasteiger partial charge in [-0.25, -0.2) is 0 Å². The summed E-state index contributed by atoms with van der Waals surface area (Å²) >= 11 is 0. The lowest BCUT2D eigenvalue weighted by atomic mass is 10.1. The fourth-order valence-corrected chi connectivity index (χ4v) is 2.86. The van der Waals surface area contributed by atoms with Gasteiger partial charge in [0.2, 0.25) is 11.8 Å². The summed E-state index contributed by atoms with van der Waals surface area (Å²) in [5.74, 6) is 1.11. The number of hydrogen-bond donors (Lipinski definition) is 1. The van der Waals surface area contributed by atoms with Crippen LogP contribution >= 0.6 is 0 Å². The van der Waals surface area contributed by atoms with E-state index in [1.165, 1.54) is 6.92 Å². The molecule has 0 saturated heterocycles. The summed E-state index contributed by atoms with van der Waals surface area (Å²) in [6.45, 7) is 4.81. The smallest absolute Gasteiger partial charge is 0.222 e. The lowest BCUT2D eigenvalue weighted by Gasteiger charge is -2.22. The second-order valence-corrected chi connectivity index (χ2v) is 6.58. The highest BCUT2D eigenvalue weighted by atomic mass is 16.5. The normalized spacial score (nSPS) is 10.3. The summed E-state index contributed by atoms with van der Waals surface area (Å²) in [6, 6.07) is 13.5. The summed E-state index contributed by atoms with van der Waals surface area (Å²) in [4.78, 5) is 25.9. The van der Waals surface area contributed by atoms with Gasteiger partial charge in [-0.2, -0.15) is 0 Å². The van der Waals surface area contributed by atoms with Crippen molar-refractivity contribution in [2.24, 2.45) is 0 Å². The Morgan fingerprint density at radius 2 is 1.75 bits per heavy atom. The second kappa shape index (κ2) is 10.3. The van der Waals surface area contributed by atoms with Crippen molar-refractivity contribution in [2.75, 3.05) is 20.8 Å². The van der Waals surface area contributed by atoms with Gasteiger partial charge in [-0.15, -0.1) is 0 Å². The number of aryl methyl sites for hydroxylation is 1.